The number of nitrogens with two attached hydrogens (primary N) is 1. The predicted octanol–water partition coefficient (Wildman–Crippen LogP) is 2.40. The highest BCUT2D eigenvalue weighted by atomic mass is 16.5. The highest BCUT2D eigenvalue weighted by Crippen LogP contribution is 2.37. The molecule has 1 aliphatic rings. The summed E-state index contributed by atoms with van der Waals surface area (Å²) in [7, 11) is 0. The van der Waals surface area contributed by atoms with Crippen LogP contribution in [0, 0.1) is 0 Å². The lowest BCUT2D eigenvalue weighted by atomic mass is 9.96. The van der Waals surface area contributed by atoms with Gasteiger partial charge in [-0.2, -0.15) is 0 Å². The highest BCUT2D eigenvalue weighted by molar-refractivity contribution is 5.71. The number of aryl methyl sites for hydroxylation is 1. The van der Waals surface area contributed by atoms with Crippen molar-refractivity contribution in [2.75, 3.05) is 6.54 Å². The smallest absolute Gasteiger partial charge is 0.130 e. The zero-order valence-electron chi connectivity index (χ0n) is 10.2. The zero-order chi connectivity index (χ0) is 12.4. The molecule has 3 rings (SSSR count). The van der Waals surface area contributed by atoms with Crippen LogP contribution in [0.1, 0.15) is 12.0 Å². The van der Waals surface area contributed by atoms with Gasteiger partial charge >= 0.3 is 0 Å². The highest BCUT2D eigenvalue weighted by Gasteiger charge is 2.21. The standard InChI is InChI=1S/C15H16N2O/c16-9-13-7-6-11-3-1-5-14(15(11)18-13)12-4-2-8-17-10-12/h1-5,8,10,13H,6-7,9,16H2/t13-/m1/s1. The molecule has 2 heterocycles. The third-order valence-corrected chi connectivity index (χ3v) is 3.35. The predicted molar refractivity (Wildman–Crippen MR) is 71.5 cm³/mol. The molecule has 1 aromatic heterocycles. The number of nitrogens with zero attached hydrogens (tertiary/aromatic N) is 1. The molecule has 3 heteroatoms. The molecule has 1 aliphatic heterocycles. The Hall–Kier alpha value is -1.87. The van der Waals surface area contributed by atoms with Gasteiger partial charge in [-0.1, -0.05) is 24.3 Å². The van der Waals surface area contributed by atoms with E-state index in [-0.39, 0.29) is 6.10 Å². The number of para-hydroxylation sites is 1. The van der Waals surface area contributed by atoms with Gasteiger partial charge in [-0.05, 0) is 24.5 Å². The quantitative estimate of drug-likeness (QED) is 0.876. The van der Waals surface area contributed by atoms with E-state index >= 15 is 0 Å². The van der Waals surface area contributed by atoms with Gasteiger partial charge in [-0.3, -0.25) is 4.98 Å². The molecule has 0 aliphatic carbocycles. The first kappa shape index (κ1) is 11.2. The second kappa shape index (κ2) is 4.78. The summed E-state index contributed by atoms with van der Waals surface area (Å²) in [6, 6.07) is 10.3. The van der Waals surface area contributed by atoms with Crippen molar-refractivity contribution in [3.8, 4) is 16.9 Å². The molecule has 0 radical (unpaired) electrons. The molecule has 18 heavy (non-hydrogen) atoms. The fraction of sp³-hybridized carbons (Fsp3) is 0.267. The Labute approximate surface area is 107 Å². The van der Waals surface area contributed by atoms with Crippen molar-refractivity contribution in [3.63, 3.8) is 0 Å². The van der Waals surface area contributed by atoms with Gasteiger partial charge in [0.2, 0.25) is 0 Å². The zero-order valence-corrected chi connectivity index (χ0v) is 10.2. The van der Waals surface area contributed by atoms with Crippen molar-refractivity contribution in [2.45, 2.75) is 18.9 Å². The number of fused-ring (bicyclic) bond motifs is 1. The van der Waals surface area contributed by atoms with Crippen LogP contribution in [-0.2, 0) is 6.42 Å². The van der Waals surface area contributed by atoms with E-state index in [4.69, 9.17) is 10.5 Å². The van der Waals surface area contributed by atoms with Gasteiger partial charge in [0.15, 0.2) is 0 Å². The van der Waals surface area contributed by atoms with Gasteiger partial charge in [0, 0.05) is 30.1 Å². The van der Waals surface area contributed by atoms with Crippen LogP contribution in [0.2, 0.25) is 0 Å². The Morgan fingerprint density at radius 3 is 3.00 bits per heavy atom. The number of rotatable bonds is 2. The first-order valence-corrected chi connectivity index (χ1v) is 6.27. The topological polar surface area (TPSA) is 48.1 Å². The van der Waals surface area contributed by atoms with Crippen LogP contribution in [0.4, 0.5) is 0 Å². The van der Waals surface area contributed by atoms with Crippen molar-refractivity contribution < 1.29 is 4.74 Å². The van der Waals surface area contributed by atoms with Crippen molar-refractivity contribution in [1.29, 1.82) is 0 Å². The maximum Gasteiger partial charge on any atom is 0.130 e. The molecule has 0 spiro atoms. The summed E-state index contributed by atoms with van der Waals surface area (Å²) in [5.74, 6) is 0.979. The fourth-order valence-corrected chi connectivity index (χ4v) is 2.38. The Kier molecular flexibility index (Phi) is 2.99. The van der Waals surface area contributed by atoms with E-state index in [2.05, 4.69) is 29.2 Å². The van der Waals surface area contributed by atoms with Crippen molar-refractivity contribution >= 4 is 0 Å². The molecule has 2 N–H and O–H groups in total. The Morgan fingerprint density at radius 2 is 2.22 bits per heavy atom. The lowest BCUT2D eigenvalue weighted by molar-refractivity contribution is 0.182. The minimum atomic E-state index is 0.135. The number of hydrogen-bond acceptors (Lipinski definition) is 3. The maximum atomic E-state index is 6.01. The SMILES string of the molecule is NC[C@H]1CCc2cccc(-c3cccnc3)c2O1. The normalized spacial score (nSPS) is 17.9. The molecule has 0 amide bonds. The number of aromatic nitrogens is 1. The molecule has 0 bridgehead atoms. The molecule has 0 fully saturated rings. The fourth-order valence-electron chi connectivity index (χ4n) is 2.38. The van der Waals surface area contributed by atoms with E-state index in [1.807, 2.05) is 12.3 Å². The minimum absolute atomic E-state index is 0.135. The summed E-state index contributed by atoms with van der Waals surface area (Å²) in [5, 5.41) is 0. The van der Waals surface area contributed by atoms with E-state index in [9.17, 15) is 0 Å². The summed E-state index contributed by atoms with van der Waals surface area (Å²) in [4.78, 5) is 4.17. The molecule has 1 atom stereocenters. The molecule has 2 aromatic rings. The van der Waals surface area contributed by atoms with Crippen LogP contribution in [0.15, 0.2) is 42.7 Å². The molecular weight excluding hydrogens is 224 g/mol. The molecule has 1 aromatic carbocycles. The average molecular weight is 240 g/mol. The molecule has 92 valence electrons. The van der Waals surface area contributed by atoms with Gasteiger partial charge in [-0.25, -0.2) is 0 Å². The summed E-state index contributed by atoms with van der Waals surface area (Å²) in [6.45, 7) is 0.570. The van der Waals surface area contributed by atoms with E-state index in [1.54, 1.807) is 6.20 Å². The molecular formula is C15H16N2O. The molecule has 0 saturated carbocycles. The third-order valence-electron chi connectivity index (χ3n) is 3.35. The van der Waals surface area contributed by atoms with Crippen LogP contribution in [0.25, 0.3) is 11.1 Å². The molecule has 0 unspecified atom stereocenters. The van der Waals surface area contributed by atoms with Gasteiger partial charge in [0.25, 0.3) is 0 Å². The summed E-state index contributed by atoms with van der Waals surface area (Å²) in [6.07, 6.45) is 5.81. The van der Waals surface area contributed by atoms with Gasteiger partial charge < -0.3 is 10.5 Å². The minimum Gasteiger partial charge on any atom is -0.488 e. The first-order chi connectivity index (χ1) is 8.88. The third kappa shape index (κ3) is 1.97. The average Bonchev–Trinajstić information content (AvgIpc) is 2.47. The maximum absolute atomic E-state index is 6.01. The second-order valence-electron chi connectivity index (χ2n) is 4.55. The Morgan fingerprint density at radius 1 is 1.28 bits per heavy atom. The summed E-state index contributed by atoms with van der Waals surface area (Å²) < 4.78 is 6.01. The van der Waals surface area contributed by atoms with E-state index in [1.165, 1.54) is 5.56 Å². The van der Waals surface area contributed by atoms with Crippen LogP contribution in [0.5, 0.6) is 5.75 Å². The van der Waals surface area contributed by atoms with Crippen molar-refractivity contribution in [3.05, 3.63) is 48.3 Å². The second-order valence-corrected chi connectivity index (χ2v) is 4.55. The van der Waals surface area contributed by atoms with Crippen LogP contribution in [0.3, 0.4) is 0 Å². The monoisotopic (exact) mass is 240 g/mol. The summed E-state index contributed by atoms with van der Waals surface area (Å²) in [5.41, 5.74) is 9.18. The van der Waals surface area contributed by atoms with Crippen LogP contribution >= 0.6 is 0 Å². The van der Waals surface area contributed by atoms with Gasteiger partial charge in [0.05, 0.1) is 0 Å². The Balaban J connectivity index is 2.06. The molecule has 3 nitrogen and oxygen atoms in total. The number of pyridine rings is 1. The Bertz CT molecular complexity index is 539. The van der Waals surface area contributed by atoms with Crippen molar-refractivity contribution in [1.82, 2.24) is 4.98 Å². The number of ether oxygens (including phenoxy) is 1. The summed E-state index contributed by atoms with van der Waals surface area (Å²) >= 11 is 0. The largest absolute Gasteiger partial charge is 0.488 e. The van der Waals surface area contributed by atoms with E-state index in [0.29, 0.717) is 6.54 Å². The van der Waals surface area contributed by atoms with Crippen LogP contribution < -0.4 is 10.5 Å². The molecule has 0 saturated heterocycles. The number of hydrogen-bond donors (Lipinski definition) is 1. The number of benzene rings is 1. The lowest BCUT2D eigenvalue weighted by Gasteiger charge is -2.27. The van der Waals surface area contributed by atoms with E-state index in [0.717, 1.165) is 29.7 Å². The van der Waals surface area contributed by atoms with E-state index < -0.39 is 0 Å². The lowest BCUT2D eigenvalue weighted by Crippen LogP contribution is -2.30. The van der Waals surface area contributed by atoms with Crippen molar-refractivity contribution in [2.24, 2.45) is 5.73 Å². The van der Waals surface area contributed by atoms with Gasteiger partial charge in [0.1, 0.15) is 11.9 Å². The van der Waals surface area contributed by atoms with Crippen LogP contribution in [-0.4, -0.2) is 17.6 Å². The first-order valence-electron chi connectivity index (χ1n) is 6.27. The van der Waals surface area contributed by atoms with Gasteiger partial charge in [-0.15, -0.1) is 0 Å².